The van der Waals surface area contributed by atoms with E-state index in [2.05, 4.69) is 4.98 Å². The number of unbranched alkanes of at least 4 members (excludes halogenated alkanes) is 1. The number of aryl methyl sites for hydroxylation is 1. The fraction of sp³-hybridized carbons (Fsp3) is 0.647. The van der Waals surface area contributed by atoms with Gasteiger partial charge in [0.05, 0.1) is 12.8 Å². The summed E-state index contributed by atoms with van der Waals surface area (Å²) >= 11 is 1.64. The number of allylic oxidation sites excluding steroid dienone is 1. The Kier molecular flexibility index (Phi) is 9.54. The number of hydrogen-bond acceptors (Lipinski definition) is 5. The Morgan fingerprint density at radius 2 is 2.24 bits per heavy atom. The molecule has 0 saturated carbocycles. The van der Waals surface area contributed by atoms with Crippen molar-refractivity contribution >= 4 is 25.1 Å². The van der Waals surface area contributed by atoms with Crippen LogP contribution in [0.2, 0.25) is 0 Å². The maximum atomic E-state index is 12.9. The molecule has 142 valence electrons. The fourth-order valence-electron chi connectivity index (χ4n) is 2.45. The molecule has 25 heavy (non-hydrogen) atoms. The minimum absolute atomic E-state index is 0.000855. The second-order valence-corrected chi connectivity index (χ2v) is 9.94. The first-order chi connectivity index (χ1) is 11.8. The Hall–Kier alpha value is -1.04. The van der Waals surface area contributed by atoms with Crippen molar-refractivity contribution in [3.8, 4) is 0 Å². The highest BCUT2D eigenvalue weighted by Gasteiger charge is 2.27. The third kappa shape index (κ3) is 8.25. The molecule has 0 bridgehead atoms. The summed E-state index contributed by atoms with van der Waals surface area (Å²) in [6.45, 7) is 6.04. The monoisotopic (exact) mass is 388 g/mol. The van der Waals surface area contributed by atoms with Gasteiger partial charge in [0.25, 0.3) is 0 Å². The third-order valence-corrected chi connectivity index (χ3v) is 7.42. The number of aliphatic carboxylic acids is 1. The first-order valence-electron chi connectivity index (χ1n) is 8.52. The van der Waals surface area contributed by atoms with Crippen LogP contribution in [0.3, 0.4) is 0 Å². The number of rotatable bonds is 12. The molecule has 0 amide bonds. The minimum Gasteiger partial charge on any atom is -0.478 e. The van der Waals surface area contributed by atoms with Gasteiger partial charge in [-0.15, -0.1) is 0 Å². The van der Waals surface area contributed by atoms with Gasteiger partial charge in [-0.3, -0.25) is 4.57 Å². The summed E-state index contributed by atoms with van der Waals surface area (Å²) in [7, 11) is -1.01. The van der Waals surface area contributed by atoms with Gasteiger partial charge in [-0.2, -0.15) is 0 Å². The molecule has 0 fully saturated rings. The van der Waals surface area contributed by atoms with Crippen molar-refractivity contribution in [3.63, 3.8) is 0 Å². The van der Waals surface area contributed by atoms with Crippen molar-refractivity contribution < 1.29 is 19.0 Å². The number of carboxylic acids is 1. The smallest absolute Gasteiger partial charge is 0.331 e. The largest absolute Gasteiger partial charge is 0.478 e. The molecule has 0 aliphatic heterocycles. The second-order valence-electron chi connectivity index (χ2n) is 6.31. The number of aromatic nitrogens is 2. The van der Waals surface area contributed by atoms with Crippen LogP contribution >= 0.6 is 19.1 Å². The lowest BCUT2D eigenvalue weighted by Crippen LogP contribution is -2.12. The van der Waals surface area contributed by atoms with Gasteiger partial charge in [-0.05, 0) is 25.7 Å². The molecule has 0 spiro atoms. The third-order valence-electron chi connectivity index (χ3n) is 3.44. The Bertz CT molecular complexity index is 628. The Morgan fingerprint density at radius 1 is 1.52 bits per heavy atom. The van der Waals surface area contributed by atoms with E-state index in [-0.39, 0.29) is 17.7 Å². The van der Waals surface area contributed by atoms with Gasteiger partial charge in [-0.1, -0.05) is 31.7 Å². The van der Waals surface area contributed by atoms with E-state index in [9.17, 15) is 14.5 Å². The summed E-state index contributed by atoms with van der Waals surface area (Å²) in [4.78, 5) is 15.7. The van der Waals surface area contributed by atoms with Gasteiger partial charge in [-0.25, -0.2) is 9.78 Å². The molecule has 1 rings (SSSR count). The molecule has 1 aromatic rings. The summed E-state index contributed by atoms with van der Waals surface area (Å²) in [5.74, 6) is 0.0330. The second kappa shape index (κ2) is 10.8. The number of hydrogen-bond donors (Lipinski definition) is 1. The summed E-state index contributed by atoms with van der Waals surface area (Å²) in [5, 5.41) is 10.4. The van der Waals surface area contributed by atoms with Crippen LogP contribution < -0.4 is 0 Å². The van der Waals surface area contributed by atoms with E-state index in [1.165, 1.54) is 0 Å². The maximum absolute atomic E-state index is 12.9. The van der Waals surface area contributed by atoms with Crippen LogP contribution in [0, 0.1) is 5.92 Å². The lowest BCUT2D eigenvalue weighted by molar-refractivity contribution is -0.132. The molecular formula is C17H29N2O4PS. The normalized spacial score (nSPS) is 14.7. The standard InChI is InChI=1S/C17H29N2O4PS/c1-5-23-24(22,12-14(2)3)13-15(16(20)21)8-6-7-11-25-17-18-9-10-19(17)4/h8-10,14H,5-7,11-13H2,1-4H3,(H,20,21). The molecule has 1 heterocycles. The molecule has 0 radical (unpaired) electrons. The number of carboxylic acid groups (broad SMARTS) is 1. The highest BCUT2D eigenvalue weighted by Crippen LogP contribution is 2.50. The first kappa shape index (κ1) is 22.0. The molecule has 1 unspecified atom stereocenters. The highest BCUT2D eigenvalue weighted by atomic mass is 32.2. The van der Waals surface area contributed by atoms with Crippen LogP contribution in [-0.2, 0) is 20.9 Å². The highest BCUT2D eigenvalue weighted by molar-refractivity contribution is 7.99. The number of thioether (sulfide) groups is 1. The number of imidazole rings is 1. The predicted octanol–water partition coefficient (Wildman–Crippen LogP) is 4.27. The predicted molar refractivity (Wildman–Crippen MR) is 103 cm³/mol. The summed E-state index contributed by atoms with van der Waals surface area (Å²) < 4.78 is 20.3. The van der Waals surface area contributed by atoms with Crippen LogP contribution in [0.15, 0.2) is 29.2 Å². The van der Waals surface area contributed by atoms with E-state index >= 15 is 0 Å². The minimum atomic E-state index is -2.95. The van der Waals surface area contributed by atoms with Crippen molar-refractivity contribution in [3.05, 3.63) is 24.0 Å². The van der Waals surface area contributed by atoms with Crippen LogP contribution in [0.1, 0.15) is 33.6 Å². The molecule has 0 aliphatic carbocycles. The van der Waals surface area contributed by atoms with E-state index in [1.54, 1.807) is 31.0 Å². The van der Waals surface area contributed by atoms with Gasteiger partial charge in [0.1, 0.15) is 0 Å². The van der Waals surface area contributed by atoms with Crippen molar-refractivity contribution in [2.75, 3.05) is 24.7 Å². The van der Waals surface area contributed by atoms with Gasteiger partial charge in [0.2, 0.25) is 7.37 Å². The van der Waals surface area contributed by atoms with Crippen molar-refractivity contribution in [1.82, 2.24) is 9.55 Å². The molecule has 6 nitrogen and oxygen atoms in total. The SMILES string of the molecule is CCOP(=O)(CC(=CCCCSc1nccn1C)C(=O)O)CC(C)C. The van der Waals surface area contributed by atoms with Gasteiger partial charge < -0.3 is 14.2 Å². The van der Waals surface area contributed by atoms with Crippen LogP contribution in [0.5, 0.6) is 0 Å². The van der Waals surface area contributed by atoms with Gasteiger partial charge >= 0.3 is 5.97 Å². The van der Waals surface area contributed by atoms with E-state index in [4.69, 9.17) is 4.52 Å². The first-order valence-corrected chi connectivity index (χ1v) is 11.5. The lowest BCUT2D eigenvalue weighted by atomic mass is 10.2. The van der Waals surface area contributed by atoms with Crippen molar-refractivity contribution in [2.45, 2.75) is 38.8 Å². The Morgan fingerprint density at radius 3 is 2.76 bits per heavy atom. The molecular weight excluding hydrogens is 359 g/mol. The zero-order chi connectivity index (χ0) is 18.9. The molecule has 0 aliphatic rings. The van der Waals surface area contributed by atoms with E-state index in [0.717, 1.165) is 17.3 Å². The molecule has 1 aromatic heterocycles. The maximum Gasteiger partial charge on any atom is 0.331 e. The molecule has 0 saturated heterocycles. The average Bonchev–Trinajstić information content (AvgIpc) is 2.90. The number of carbonyl (C=O) groups is 1. The summed E-state index contributed by atoms with van der Waals surface area (Å²) in [5.41, 5.74) is 0.194. The molecule has 8 heteroatoms. The van der Waals surface area contributed by atoms with Crippen LogP contribution in [0.4, 0.5) is 0 Å². The zero-order valence-electron chi connectivity index (χ0n) is 15.5. The lowest BCUT2D eigenvalue weighted by Gasteiger charge is -2.20. The summed E-state index contributed by atoms with van der Waals surface area (Å²) in [6, 6.07) is 0. The van der Waals surface area contributed by atoms with Crippen LogP contribution in [-0.4, -0.2) is 45.3 Å². The van der Waals surface area contributed by atoms with E-state index in [1.807, 2.05) is 31.7 Å². The molecule has 1 N–H and O–H groups in total. The van der Waals surface area contributed by atoms with Gasteiger partial charge in [0, 0.05) is 36.9 Å². The topological polar surface area (TPSA) is 81.4 Å². The fourth-order valence-corrected chi connectivity index (χ4v) is 6.03. The Balaban J connectivity index is 2.59. The van der Waals surface area contributed by atoms with Crippen molar-refractivity contribution in [2.24, 2.45) is 13.0 Å². The van der Waals surface area contributed by atoms with Crippen molar-refractivity contribution in [1.29, 1.82) is 0 Å². The quantitative estimate of drug-likeness (QED) is 0.249. The number of nitrogens with zero attached hydrogens (tertiary/aromatic N) is 2. The molecule has 0 aromatic carbocycles. The van der Waals surface area contributed by atoms with E-state index in [0.29, 0.717) is 19.2 Å². The average molecular weight is 388 g/mol. The molecule has 1 atom stereocenters. The zero-order valence-corrected chi connectivity index (χ0v) is 17.2. The van der Waals surface area contributed by atoms with Gasteiger partial charge in [0.15, 0.2) is 5.16 Å². The van der Waals surface area contributed by atoms with E-state index < -0.39 is 13.3 Å². The summed E-state index contributed by atoms with van der Waals surface area (Å²) in [6.07, 6.45) is 7.20. The Labute approximate surface area is 154 Å². The van der Waals surface area contributed by atoms with Crippen LogP contribution in [0.25, 0.3) is 0 Å².